The second kappa shape index (κ2) is 22.9. The number of rotatable bonds is 12. The van der Waals surface area contributed by atoms with Gasteiger partial charge in [-0.25, -0.2) is 9.67 Å². The highest BCUT2D eigenvalue weighted by Crippen LogP contribution is 2.41. The predicted octanol–water partition coefficient (Wildman–Crippen LogP) is 5.48. The van der Waals surface area contributed by atoms with Gasteiger partial charge in [0.15, 0.2) is 24.8 Å². The van der Waals surface area contributed by atoms with Crippen LogP contribution in [0.1, 0.15) is 94.2 Å². The van der Waals surface area contributed by atoms with Crippen molar-refractivity contribution in [1.82, 2.24) is 19.7 Å². The number of hydrogen-bond donors (Lipinski definition) is 0. The first-order valence-corrected chi connectivity index (χ1v) is 22.8. The lowest BCUT2D eigenvalue weighted by atomic mass is 9.73. The number of amides is 1. The Morgan fingerprint density at radius 1 is 1.08 bits per heavy atom. The zero-order valence-corrected chi connectivity index (χ0v) is 40.6. The van der Waals surface area contributed by atoms with Gasteiger partial charge < -0.3 is 42.9 Å². The van der Waals surface area contributed by atoms with E-state index in [4.69, 9.17) is 38.0 Å². The van der Waals surface area contributed by atoms with Crippen molar-refractivity contribution in [3.05, 3.63) is 55.1 Å². The molecule has 2 aromatic rings. The van der Waals surface area contributed by atoms with Gasteiger partial charge in [-0.15, -0.1) is 6.58 Å². The van der Waals surface area contributed by atoms with E-state index in [0.717, 1.165) is 5.69 Å². The number of ether oxygens (including phenoxy) is 7. The Labute approximate surface area is 388 Å². The quantitative estimate of drug-likeness (QED) is 0.112. The number of aliphatic imine (C=N–C) groups is 1. The number of likely N-dealkylation sites (N-methyl/N-ethyl adjacent to an activating group) is 1. The summed E-state index contributed by atoms with van der Waals surface area (Å²) in [6.07, 6.45) is 2.19. The topological polar surface area (TPSA) is 201 Å². The molecule has 364 valence electrons. The number of carbonyl (C=O) groups excluding carboxylic acids is 4. The van der Waals surface area contributed by atoms with Gasteiger partial charge in [-0.1, -0.05) is 38.9 Å². The summed E-state index contributed by atoms with van der Waals surface area (Å²) in [5.41, 5.74) is -0.683. The predicted molar refractivity (Wildman–Crippen MR) is 244 cm³/mol. The molecule has 2 aromatic heterocycles. The Kier molecular flexibility index (Phi) is 18.1. The van der Waals surface area contributed by atoms with Crippen LogP contribution in [0.3, 0.4) is 0 Å². The number of pyridine rings is 1. The van der Waals surface area contributed by atoms with E-state index in [1.165, 1.54) is 20.8 Å². The van der Waals surface area contributed by atoms with Crippen LogP contribution in [0.25, 0.3) is 5.69 Å². The van der Waals surface area contributed by atoms with Crippen molar-refractivity contribution in [2.45, 2.75) is 149 Å². The fourth-order valence-corrected chi connectivity index (χ4v) is 9.55. The molecule has 1 unspecified atom stereocenters. The zero-order valence-electron chi connectivity index (χ0n) is 40.6. The second-order valence-corrected chi connectivity index (χ2v) is 18.4. The van der Waals surface area contributed by atoms with Crippen LogP contribution in [0.2, 0.25) is 0 Å². The average Bonchev–Trinajstić information content (AvgIpc) is 3.81. The number of carbonyl (C=O) groups is 4. The average molecular weight is 923 g/mol. The van der Waals surface area contributed by atoms with Crippen LogP contribution in [0.15, 0.2) is 59.6 Å². The Bertz CT molecular complexity index is 2040. The van der Waals surface area contributed by atoms with Crippen LogP contribution >= 0.6 is 0 Å². The number of cyclic esters (lactones) is 1. The molecule has 0 radical (unpaired) electrons. The molecule has 3 fully saturated rings. The molecule has 3 saturated heterocycles. The lowest BCUT2D eigenvalue weighted by Gasteiger charge is -2.48. The summed E-state index contributed by atoms with van der Waals surface area (Å²) in [5.74, 6) is -5.72. The number of hydrogen-bond acceptors (Lipinski definition) is 16. The molecule has 3 aliphatic heterocycles. The number of esters is 2. The first-order chi connectivity index (χ1) is 31.2. The first kappa shape index (κ1) is 52.3. The third-order valence-corrected chi connectivity index (χ3v) is 12.9. The number of oxime groups is 1. The molecule has 0 saturated carbocycles. The van der Waals surface area contributed by atoms with Gasteiger partial charge in [0.2, 0.25) is 5.91 Å². The van der Waals surface area contributed by atoms with Crippen molar-refractivity contribution in [1.29, 1.82) is 0 Å². The molecule has 1 amide bonds. The maximum absolute atomic E-state index is 14.8. The molecule has 5 heterocycles. The van der Waals surface area contributed by atoms with Crippen LogP contribution in [0, 0.1) is 23.7 Å². The summed E-state index contributed by atoms with van der Waals surface area (Å²) in [6.45, 7) is 20.6. The molecule has 13 atom stereocenters. The summed E-state index contributed by atoms with van der Waals surface area (Å²) < 4.78 is 47.9. The minimum Gasteiger partial charge on any atom is -0.459 e. The maximum Gasteiger partial charge on any atom is 0.316 e. The van der Waals surface area contributed by atoms with E-state index >= 15 is 0 Å². The third kappa shape index (κ3) is 12.4. The molecule has 0 N–H and O–H groups in total. The van der Waals surface area contributed by atoms with E-state index in [1.807, 2.05) is 78.0 Å². The molecule has 18 nitrogen and oxygen atoms in total. The van der Waals surface area contributed by atoms with Gasteiger partial charge in [-0.2, -0.15) is 5.10 Å². The Morgan fingerprint density at radius 2 is 1.82 bits per heavy atom. The highest BCUT2D eigenvalue weighted by molar-refractivity contribution is 6.00. The monoisotopic (exact) mass is 923 g/mol. The Morgan fingerprint density at radius 3 is 2.42 bits per heavy atom. The van der Waals surface area contributed by atoms with Crippen molar-refractivity contribution in [3.63, 3.8) is 0 Å². The number of nitrogens with zero attached hydrogens (tertiary/aromatic N) is 6. The molecular formula is C48H70N6O12. The molecule has 18 heteroatoms. The molecule has 66 heavy (non-hydrogen) atoms. The Hall–Kier alpha value is -4.72. The lowest BCUT2D eigenvalue weighted by Crippen LogP contribution is -2.61. The zero-order chi connectivity index (χ0) is 48.5. The SMILES string of the molecule is C=CCO[C@]1(C)[C@@H](CC)OC(=O)C(C)C(=O)[C@H](C)[C@@H](O[C@@H]2O[C@H](C)C[C@H](N(C)C)[C@H]2OC(C)=O)[C@@]2(C)C[C@@H](C)C(=NC(C)=O)[C@H](C)[C@@H]1OC/C(=N\OCc1ccc(-n3cccn3)cn1)CO2. The van der Waals surface area contributed by atoms with Crippen molar-refractivity contribution in [3.8, 4) is 5.69 Å². The summed E-state index contributed by atoms with van der Waals surface area (Å²) >= 11 is 0. The lowest BCUT2D eigenvalue weighted by molar-refractivity contribution is -0.298. The van der Waals surface area contributed by atoms with Crippen LogP contribution in [0.4, 0.5) is 0 Å². The van der Waals surface area contributed by atoms with Crippen molar-refractivity contribution < 1.29 is 57.2 Å². The molecule has 0 aliphatic carbocycles. The van der Waals surface area contributed by atoms with Crippen molar-refractivity contribution >= 4 is 35.1 Å². The number of ketones is 1. The van der Waals surface area contributed by atoms with Gasteiger partial charge in [-0.3, -0.25) is 24.2 Å². The summed E-state index contributed by atoms with van der Waals surface area (Å²) in [6, 6.07) is 5.18. The second-order valence-electron chi connectivity index (χ2n) is 18.4. The molecular weight excluding hydrogens is 853 g/mol. The first-order valence-electron chi connectivity index (χ1n) is 22.8. The maximum atomic E-state index is 14.8. The molecule has 0 spiro atoms. The van der Waals surface area contributed by atoms with Gasteiger partial charge in [0.25, 0.3) is 0 Å². The van der Waals surface area contributed by atoms with E-state index in [9.17, 15) is 19.2 Å². The van der Waals surface area contributed by atoms with E-state index in [-0.39, 0.29) is 51.4 Å². The number of fused-ring (bicyclic) bond motifs is 5. The summed E-state index contributed by atoms with van der Waals surface area (Å²) in [5, 5.41) is 8.82. The smallest absolute Gasteiger partial charge is 0.316 e. The van der Waals surface area contributed by atoms with Crippen molar-refractivity contribution in [2.24, 2.45) is 33.8 Å². The largest absolute Gasteiger partial charge is 0.459 e. The summed E-state index contributed by atoms with van der Waals surface area (Å²) in [7, 11) is 3.76. The van der Waals surface area contributed by atoms with Gasteiger partial charge in [0, 0.05) is 43.8 Å². The van der Waals surface area contributed by atoms with Gasteiger partial charge in [0.1, 0.15) is 23.3 Å². The highest BCUT2D eigenvalue weighted by Gasteiger charge is 2.54. The van der Waals surface area contributed by atoms with E-state index in [2.05, 4.69) is 26.8 Å². The highest BCUT2D eigenvalue weighted by atomic mass is 16.7. The summed E-state index contributed by atoms with van der Waals surface area (Å²) in [4.78, 5) is 72.0. The standard InChI is InChI=1S/C48H70N6O12/c1-14-21-60-48(11)39(15-2)65-45(58)32(7)41(57)31(6)43(66-46-42(64-34(9)56)38(53(12)13)22-29(4)63-46)47(10)23-28(3)40(51-33(8)55)30(5)44(48)59-25-36(26-61-47)52-62-27-35-17-18-37(24-49-35)54-20-16-19-50-54/h14,16-20,24,28-32,38-39,42-44,46H,1,15,21-23,25-27H2,2-13H3/b51-40?,52-36+/t28-,29-,30+,31+,32?,38+,39-,42-,43-,44+,46+,47-,48-/m1/s1. The minimum absolute atomic E-state index is 0.00258. The van der Waals surface area contributed by atoms with E-state index in [1.54, 1.807) is 37.0 Å². The minimum atomic E-state index is -1.43. The normalized spacial score (nSPS) is 35.1. The fraction of sp³-hybridized carbons (Fsp3) is 0.667. The van der Waals surface area contributed by atoms with Gasteiger partial charge in [-0.05, 0) is 85.2 Å². The number of aromatic nitrogens is 3. The third-order valence-electron chi connectivity index (χ3n) is 12.9. The van der Waals surface area contributed by atoms with Crippen LogP contribution in [-0.4, -0.2) is 143 Å². The van der Waals surface area contributed by atoms with Gasteiger partial charge >= 0.3 is 11.9 Å². The van der Waals surface area contributed by atoms with Crippen LogP contribution in [-0.2, 0) is 63.8 Å². The number of Topliss-reactive ketones (excluding diaryl/α,β-unsaturated/α-hetero) is 1. The van der Waals surface area contributed by atoms with E-state index in [0.29, 0.717) is 23.5 Å². The van der Waals surface area contributed by atoms with E-state index < -0.39 is 89.2 Å². The Balaban J connectivity index is 1.70. The van der Waals surface area contributed by atoms with Gasteiger partial charge in [0.05, 0.1) is 67.4 Å². The molecule has 0 aromatic carbocycles. The molecule has 5 rings (SSSR count). The molecule has 3 aliphatic rings. The van der Waals surface area contributed by atoms with Crippen molar-refractivity contribution in [2.75, 3.05) is 33.9 Å². The molecule has 2 bridgehead atoms. The van der Waals surface area contributed by atoms with Crippen LogP contribution < -0.4 is 0 Å². The fourth-order valence-electron chi connectivity index (χ4n) is 9.55. The van der Waals surface area contributed by atoms with Crippen LogP contribution in [0.5, 0.6) is 0 Å².